The average molecular weight is 476 g/mol. The van der Waals surface area contributed by atoms with Gasteiger partial charge in [-0.3, -0.25) is 9.69 Å². The first-order chi connectivity index (χ1) is 17.0. The summed E-state index contributed by atoms with van der Waals surface area (Å²) in [5, 5.41) is 1.87. The lowest BCUT2D eigenvalue weighted by atomic mass is 10.1. The predicted octanol–water partition coefficient (Wildman–Crippen LogP) is 4.27. The van der Waals surface area contributed by atoms with Crippen LogP contribution in [0.25, 0.3) is 22.0 Å². The standard InChI is InChI=1S/C27H29N3O5/c1-17-5-6-18-14-20-15-23(35-26(20)28-21(18)13-17)27(31)30-11-9-29(10-12-30)16-19-7-8-22(32-2)25(34-4)24(19)33-3/h5-8,13-15H,9-12,16H2,1-4H3. The summed E-state index contributed by atoms with van der Waals surface area (Å²) in [6.45, 7) is 5.42. The first-order valence-electron chi connectivity index (χ1n) is 11.6. The molecule has 3 heterocycles. The number of carbonyl (C=O) groups is 1. The van der Waals surface area contributed by atoms with E-state index in [9.17, 15) is 4.79 Å². The van der Waals surface area contributed by atoms with E-state index in [0.717, 1.165) is 40.5 Å². The quantitative estimate of drug-likeness (QED) is 0.412. The van der Waals surface area contributed by atoms with Crippen molar-refractivity contribution in [2.24, 2.45) is 0 Å². The maximum atomic E-state index is 13.2. The van der Waals surface area contributed by atoms with Crippen LogP contribution in [0.1, 0.15) is 21.7 Å². The maximum Gasteiger partial charge on any atom is 0.289 e. The molecule has 5 rings (SSSR count). The molecule has 1 aliphatic heterocycles. The summed E-state index contributed by atoms with van der Waals surface area (Å²) in [6.07, 6.45) is 0. The number of benzene rings is 2. The van der Waals surface area contributed by atoms with E-state index in [2.05, 4.69) is 16.0 Å². The van der Waals surface area contributed by atoms with Crippen molar-refractivity contribution in [3.63, 3.8) is 0 Å². The lowest BCUT2D eigenvalue weighted by Crippen LogP contribution is -2.48. The van der Waals surface area contributed by atoms with Gasteiger partial charge in [-0.1, -0.05) is 18.2 Å². The molecule has 35 heavy (non-hydrogen) atoms. The zero-order valence-electron chi connectivity index (χ0n) is 20.5. The molecule has 1 fully saturated rings. The van der Waals surface area contributed by atoms with Gasteiger partial charge in [0.05, 0.1) is 26.8 Å². The third kappa shape index (κ3) is 4.37. The molecule has 8 heteroatoms. The largest absolute Gasteiger partial charge is 0.493 e. The SMILES string of the molecule is COc1ccc(CN2CCN(C(=O)c3cc4cc5ccc(C)cc5nc4o3)CC2)c(OC)c1OC. The molecule has 0 aliphatic carbocycles. The third-order valence-electron chi connectivity index (χ3n) is 6.51. The number of fused-ring (bicyclic) bond motifs is 2. The van der Waals surface area contributed by atoms with Gasteiger partial charge in [0.25, 0.3) is 5.91 Å². The third-order valence-corrected chi connectivity index (χ3v) is 6.51. The van der Waals surface area contributed by atoms with Crippen LogP contribution in [-0.4, -0.2) is 68.2 Å². The van der Waals surface area contributed by atoms with Crippen molar-refractivity contribution in [2.75, 3.05) is 47.5 Å². The van der Waals surface area contributed by atoms with Crippen LogP contribution >= 0.6 is 0 Å². The monoisotopic (exact) mass is 475 g/mol. The van der Waals surface area contributed by atoms with Gasteiger partial charge in [0.2, 0.25) is 11.5 Å². The van der Waals surface area contributed by atoms with Crippen LogP contribution < -0.4 is 14.2 Å². The molecule has 0 atom stereocenters. The number of rotatable bonds is 6. The number of methoxy groups -OCH3 is 3. The Balaban J connectivity index is 1.28. The van der Waals surface area contributed by atoms with Crippen LogP contribution in [0.4, 0.5) is 0 Å². The minimum Gasteiger partial charge on any atom is -0.493 e. The van der Waals surface area contributed by atoms with Gasteiger partial charge >= 0.3 is 0 Å². The zero-order chi connectivity index (χ0) is 24.5. The van der Waals surface area contributed by atoms with Gasteiger partial charge in [-0.15, -0.1) is 0 Å². The van der Waals surface area contributed by atoms with E-state index >= 15 is 0 Å². The van der Waals surface area contributed by atoms with E-state index in [4.69, 9.17) is 18.6 Å². The van der Waals surface area contributed by atoms with Gasteiger partial charge in [-0.2, -0.15) is 0 Å². The van der Waals surface area contributed by atoms with E-state index in [1.807, 2.05) is 42.2 Å². The molecule has 2 aromatic heterocycles. The van der Waals surface area contributed by atoms with Crippen molar-refractivity contribution in [3.8, 4) is 17.2 Å². The molecule has 1 saturated heterocycles. The van der Waals surface area contributed by atoms with E-state index in [1.54, 1.807) is 27.4 Å². The van der Waals surface area contributed by atoms with Gasteiger partial charge in [-0.25, -0.2) is 4.98 Å². The summed E-state index contributed by atoms with van der Waals surface area (Å²) < 4.78 is 22.4. The Morgan fingerprint density at radius 2 is 1.69 bits per heavy atom. The summed E-state index contributed by atoms with van der Waals surface area (Å²) in [6, 6.07) is 13.8. The summed E-state index contributed by atoms with van der Waals surface area (Å²) in [4.78, 5) is 21.9. The maximum absolute atomic E-state index is 13.2. The Morgan fingerprint density at radius 1 is 0.914 bits per heavy atom. The van der Waals surface area contributed by atoms with Crippen molar-refractivity contribution >= 4 is 27.9 Å². The number of amides is 1. The fourth-order valence-corrected chi connectivity index (χ4v) is 4.63. The predicted molar refractivity (Wildman–Crippen MR) is 134 cm³/mol. The average Bonchev–Trinajstić information content (AvgIpc) is 3.29. The van der Waals surface area contributed by atoms with Crippen molar-refractivity contribution < 1.29 is 23.4 Å². The Labute approximate surface area is 204 Å². The number of pyridine rings is 1. The van der Waals surface area contributed by atoms with Gasteiger partial charge < -0.3 is 23.5 Å². The summed E-state index contributed by atoms with van der Waals surface area (Å²) in [7, 11) is 4.84. The number of carbonyl (C=O) groups excluding carboxylic acids is 1. The summed E-state index contributed by atoms with van der Waals surface area (Å²) >= 11 is 0. The molecule has 0 bridgehead atoms. The highest BCUT2D eigenvalue weighted by Crippen LogP contribution is 2.40. The number of furan rings is 1. The second-order valence-corrected chi connectivity index (χ2v) is 8.75. The number of hydrogen-bond donors (Lipinski definition) is 0. The van der Waals surface area contributed by atoms with Gasteiger partial charge in [-0.05, 0) is 36.8 Å². The van der Waals surface area contributed by atoms with Crippen LogP contribution in [0.2, 0.25) is 0 Å². The Kier molecular flexibility index (Phi) is 6.21. The van der Waals surface area contributed by atoms with E-state index in [-0.39, 0.29) is 5.91 Å². The molecule has 182 valence electrons. The van der Waals surface area contributed by atoms with Crippen LogP contribution in [0.15, 0.2) is 46.9 Å². The Bertz CT molecular complexity index is 1390. The van der Waals surface area contributed by atoms with Crippen molar-refractivity contribution in [1.82, 2.24) is 14.8 Å². The smallest absolute Gasteiger partial charge is 0.289 e. The van der Waals surface area contributed by atoms with E-state index < -0.39 is 0 Å². The van der Waals surface area contributed by atoms with Crippen LogP contribution in [0, 0.1) is 6.92 Å². The number of hydrogen-bond acceptors (Lipinski definition) is 7. The summed E-state index contributed by atoms with van der Waals surface area (Å²) in [5.41, 5.74) is 3.50. The van der Waals surface area contributed by atoms with Crippen LogP contribution in [0.3, 0.4) is 0 Å². The fraction of sp³-hybridized carbons (Fsp3) is 0.333. The van der Waals surface area contributed by atoms with Crippen LogP contribution in [-0.2, 0) is 6.54 Å². The highest BCUT2D eigenvalue weighted by Gasteiger charge is 2.26. The Hall–Kier alpha value is -3.78. The van der Waals surface area contributed by atoms with Gasteiger partial charge in [0, 0.05) is 49.1 Å². The van der Waals surface area contributed by atoms with Gasteiger partial charge in [0.15, 0.2) is 17.3 Å². The molecular formula is C27H29N3O5. The molecule has 4 aromatic rings. The van der Waals surface area contributed by atoms with Crippen molar-refractivity contribution in [1.29, 1.82) is 0 Å². The lowest BCUT2D eigenvalue weighted by molar-refractivity contribution is 0.0598. The number of aromatic nitrogens is 1. The summed E-state index contributed by atoms with van der Waals surface area (Å²) in [5.74, 6) is 2.11. The minimum absolute atomic E-state index is 0.105. The fourth-order valence-electron chi connectivity index (χ4n) is 4.63. The minimum atomic E-state index is -0.105. The van der Waals surface area contributed by atoms with E-state index in [0.29, 0.717) is 48.4 Å². The molecule has 1 amide bonds. The molecule has 1 aliphatic rings. The molecule has 0 N–H and O–H groups in total. The first-order valence-corrected chi connectivity index (χ1v) is 11.6. The Morgan fingerprint density at radius 3 is 2.40 bits per heavy atom. The molecule has 0 unspecified atom stereocenters. The molecule has 0 radical (unpaired) electrons. The normalized spacial score (nSPS) is 14.5. The number of ether oxygens (including phenoxy) is 3. The van der Waals surface area contributed by atoms with Gasteiger partial charge in [0.1, 0.15) is 0 Å². The highest BCUT2D eigenvalue weighted by atomic mass is 16.5. The molecular weight excluding hydrogens is 446 g/mol. The topological polar surface area (TPSA) is 77.3 Å². The molecule has 0 saturated carbocycles. The van der Waals surface area contributed by atoms with Crippen LogP contribution in [0.5, 0.6) is 17.2 Å². The second-order valence-electron chi connectivity index (χ2n) is 8.75. The highest BCUT2D eigenvalue weighted by molar-refractivity contribution is 5.98. The lowest BCUT2D eigenvalue weighted by Gasteiger charge is -2.34. The first kappa shape index (κ1) is 23.0. The van der Waals surface area contributed by atoms with E-state index in [1.165, 1.54) is 0 Å². The molecule has 8 nitrogen and oxygen atoms in total. The molecule has 0 spiro atoms. The number of aryl methyl sites for hydroxylation is 1. The molecule has 2 aromatic carbocycles. The number of piperazine rings is 1. The second kappa shape index (κ2) is 9.46. The zero-order valence-corrected chi connectivity index (χ0v) is 20.5. The van der Waals surface area contributed by atoms with Crippen molar-refractivity contribution in [2.45, 2.75) is 13.5 Å². The van der Waals surface area contributed by atoms with Crippen molar-refractivity contribution in [3.05, 3.63) is 59.4 Å². The number of nitrogens with zero attached hydrogens (tertiary/aromatic N) is 3.